The monoisotopic (exact) mass is 247 g/mol. The standard InChI is InChI=1S/C12H17N5O/c1-2-5-14-11-10(13)12(17-8-16-11)15-7-9-4-3-6-18-9/h3-4,6,8H,2,5,7,13H2,1H3,(H2,14,15,16,17). The number of aromatic nitrogens is 2. The van der Waals surface area contributed by atoms with Gasteiger partial charge in [-0.3, -0.25) is 0 Å². The molecule has 0 aliphatic rings. The lowest BCUT2D eigenvalue weighted by atomic mass is 10.4. The molecule has 6 nitrogen and oxygen atoms in total. The van der Waals surface area contributed by atoms with E-state index in [1.807, 2.05) is 12.1 Å². The van der Waals surface area contributed by atoms with Gasteiger partial charge in [0.2, 0.25) is 0 Å². The topological polar surface area (TPSA) is 89.0 Å². The number of anilines is 3. The van der Waals surface area contributed by atoms with Gasteiger partial charge in [-0.15, -0.1) is 0 Å². The van der Waals surface area contributed by atoms with E-state index in [0.29, 0.717) is 23.9 Å². The zero-order valence-electron chi connectivity index (χ0n) is 10.3. The van der Waals surface area contributed by atoms with Crippen molar-refractivity contribution in [3.05, 3.63) is 30.5 Å². The largest absolute Gasteiger partial charge is 0.467 e. The van der Waals surface area contributed by atoms with Gasteiger partial charge in [0.05, 0.1) is 12.8 Å². The molecule has 2 aromatic heterocycles. The number of hydrogen-bond acceptors (Lipinski definition) is 6. The van der Waals surface area contributed by atoms with Crippen molar-refractivity contribution < 1.29 is 4.42 Å². The molecule has 2 rings (SSSR count). The van der Waals surface area contributed by atoms with Gasteiger partial charge in [-0.2, -0.15) is 0 Å². The van der Waals surface area contributed by atoms with Gasteiger partial charge in [-0.25, -0.2) is 9.97 Å². The van der Waals surface area contributed by atoms with Crippen LogP contribution in [-0.4, -0.2) is 16.5 Å². The average molecular weight is 247 g/mol. The highest BCUT2D eigenvalue weighted by Crippen LogP contribution is 2.22. The van der Waals surface area contributed by atoms with Crippen LogP contribution in [0.3, 0.4) is 0 Å². The smallest absolute Gasteiger partial charge is 0.155 e. The molecule has 0 atom stereocenters. The molecule has 0 aliphatic carbocycles. The first-order chi connectivity index (χ1) is 8.81. The molecular formula is C12H17N5O. The van der Waals surface area contributed by atoms with E-state index >= 15 is 0 Å². The minimum Gasteiger partial charge on any atom is -0.467 e. The van der Waals surface area contributed by atoms with Gasteiger partial charge < -0.3 is 20.8 Å². The summed E-state index contributed by atoms with van der Waals surface area (Å²) >= 11 is 0. The molecule has 0 radical (unpaired) electrons. The molecule has 0 amide bonds. The number of hydrogen-bond donors (Lipinski definition) is 3. The minimum atomic E-state index is 0.525. The van der Waals surface area contributed by atoms with Gasteiger partial charge >= 0.3 is 0 Å². The van der Waals surface area contributed by atoms with Crippen LogP contribution in [0.5, 0.6) is 0 Å². The maximum atomic E-state index is 5.98. The van der Waals surface area contributed by atoms with Crippen LogP contribution < -0.4 is 16.4 Å². The molecule has 0 aliphatic heterocycles. The Morgan fingerprint density at radius 1 is 1.28 bits per heavy atom. The first-order valence-corrected chi connectivity index (χ1v) is 5.92. The van der Waals surface area contributed by atoms with Crippen LogP contribution in [0.15, 0.2) is 29.1 Å². The average Bonchev–Trinajstić information content (AvgIpc) is 2.89. The molecule has 0 spiro atoms. The fraction of sp³-hybridized carbons (Fsp3) is 0.333. The highest BCUT2D eigenvalue weighted by Gasteiger charge is 2.07. The summed E-state index contributed by atoms with van der Waals surface area (Å²) in [5.74, 6) is 2.10. The molecule has 4 N–H and O–H groups in total. The van der Waals surface area contributed by atoms with Gasteiger partial charge in [0.25, 0.3) is 0 Å². The lowest BCUT2D eigenvalue weighted by Gasteiger charge is -2.11. The minimum absolute atomic E-state index is 0.525. The van der Waals surface area contributed by atoms with Crippen LogP contribution in [-0.2, 0) is 6.54 Å². The molecule has 2 heterocycles. The zero-order valence-corrected chi connectivity index (χ0v) is 10.3. The number of nitrogen functional groups attached to an aromatic ring is 1. The van der Waals surface area contributed by atoms with Gasteiger partial charge in [0, 0.05) is 6.54 Å². The molecule has 96 valence electrons. The highest BCUT2D eigenvalue weighted by atomic mass is 16.3. The summed E-state index contributed by atoms with van der Waals surface area (Å²) < 4.78 is 5.23. The molecule has 18 heavy (non-hydrogen) atoms. The Labute approximate surface area is 106 Å². The van der Waals surface area contributed by atoms with E-state index in [9.17, 15) is 0 Å². The lowest BCUT2D eigenvalue weighted by Crippen LogP contribution is -2.10. The maximum absolute atomic E-state index is 5.98. The van der Waals surface area contributed by atoms with Crippen molar-refractivity contribution in [3.8, 4) is 0 Å². The Balaban J connectivity index is 2.03. The molecule has 0 saturated carbocycles. The van der Waals surface area contributed by atoms with E-state index in [4.69, 9.17) is 10.2 Å². The molecule has 0 bridgehead atoms. The summed E-state index contributed by atoms with van der Waals surface area (Å²) in [7, 11) is 0. The Bertz CT molecular complexity index is 483. The van der Waals surface area contributed by atoms with Crippen LogP contribution >= 0.6 is 0 Å². The summed E-state index contributed by atoms with van der Waals surface area (Å²) in [6, 6.07) is 3.73. The molecule has 0 unspecified atom stereocenters. The summed E-state index contributed by atoms with van der Waals surface area (Å²) in [6.45, 7) is 3.46. The molecule has 6 heteroatoms. The van der Waals surface area contributed by atoms with Crippen LogP contribution in [0.4, 0.5) is 17.3 Å². The second-order valence-electron chi connectivity index (χ2n) is 3.84. The number of furan rings is 1. The molecule has 0 aromatic carbocycles. The third-order valence-corrected chi connectivity index (χ3v) is 2.44. The van der Waals surface area contributed by atoms with E-state index < -0.39 is 0 Å². The van der Waals surface area contributed by atoms with Gasteiger partial charge in [0.1, 0.15) is 17.8 Å². The fourth-order valence-corrected chi connectivity index (χ4v) is 1.50. The van der Waals surface area contributed by atoms with Crippen molar-refractivity contribution in [3.63, 3.8) is 0 Å². The van der Waals surface area contributed by atoms with Gasteiger partial charge in [-0.1, -0.05) is 6.92 Å². The summed E-state index contributed by atoms with van der Waals surface area (Å²) in [5, 5.41) is 6.28. The van der Waals surface area contributed by atoms with Crippen LogP contribution in [0.2, 0.25) is 0 Å². The van der Waals surface area contributed by atoms with Crippen LogP contribution in [0.25, 0.3) is 0 Å². The quantitative estimate of drug-likeness (QED) is 0.724. The van der Waals surface area contributed by atoms with Crippen molar-refractivity contribution in [2.24, 2.45) is 0 Å². The van der Waals surface area contributed by atoms with E-state index in [2.05, 4.69) is 27.5 Å². The fourth-order valence-electron chi connectivity index (χ4n) is 1.50. The number of nitrogens with zero attached hydrogens (tertiary/aromatic N) is 2. The third kappa shape index (κ3) is 2.91. The Hall–Kier alpha value is -2.24. The Kier molecular flexibility index (Phi) is 4.01. The van der Waals surface area contributed by atoms with E-state index in [1.54, 1.807) is 6.26 Å². The molecule has 0 fully saturated rings. The summed E-state index contributed by atoms with van der Waals surface area (Å²) in [6.07, 6.45) is 4.13. The highest BCUT2D eigenvalue weighted by molar-refractivity contribution is 5.73. The maximum Gasteiger partial charge on any atom is 0.155 e. The molecule has 2 aromatic rings. The van der Waals surface area contributed by atoms with Crippen molar-refractivity contribution in [1.82, 2.24) is 9.97 Å². The first kappa shape index (κ1) is 12.2. The van der Waals surface area contributed by atoms with Crippen LogP contribution in [0, 0.1) is 0 Å². The van der Waals surface area contributed by atoms with Crippen molar-refractivity contribution >= 4 is 17.3 Å². The van der Waals surface area contributed by atoms with E-state index in [1.165, 1.54) is 6.33 Å². The van der Waals surface area contributed by atoms with Crippen molar-refractivity contribution in [2.45, 2.75) is 19.9 Å². The number of rotatable bonds is 6. The second kappa shape index (κ2) is 5.90. The SMILES string of the molecule is CCCNc1ncnc(NCc2ccco2)c1N. The Morgan fingerprint density at radius 3 is 2.72 bits per heavy atom. The normalized spacial score (nSPS) is 10.3. The Morgan fingerprint density at radius 2 is 2.06 bits per heavy atom. The van der Waals surface area contributed by atoms with Crippen molar-refractivity contribution in [1.29, 1.82) is 0 Å². The van der Waals surface area contributed by atoms with E-state index in [0.717, 1.165) is 18.7 Å². The van der Waals surface area contributed by atoms with E-state index in [-0.39, 0.29) is 0 Å². The third-order valence-electron chi connectivity index (χ3n) is 2.44. The van der Waals surface area contributed by atoms with Crippen molar-refractivity contribution in [2.75, 3.05) is 22.9 Å². The summed E-state index contributed by atoms with van der Waals surface area (Å²) in [5.41, 5.74) is 6.51. The van der Waals surface area contributed by atoms with Crippen LogP contribution in [0.1, 0.15) is 19.1 Å². The molecule has 0 saturated heterocycles. The predicted octanol–water partition coefficient (Wildman–Crippen LogP) is 2.09. The summed E-state index contributed by atoms with van der Waals surface area (Å²) in [4.78, 5) is 8.23. The van der Waals surface area contributed by atoms with Gasteiger partial charge in [0.15, 0.2) is 11.6 Å². The lowest BCUT2D eigenvalue weighted by molar-refractivity contribution is 0.518. The second-order valence-corrected chi connectivity index (χ2v) is 3.84. The predicted molar refractivity (Wildman–Crippen MR) is 71.3 cm³/mol. The zero-order chi connectivity index (χ0) is 12.8. The number of nitrogens with two attached hydrogens (primary N) is 1. The number of nitrogens with one attached hydrogen (secondary N) is 2. The first-order valence-electron chi connectivity index (χ1n) is 5.92. The molecular weight excluding hydrogens is 230 g/mol. The van der Waals surface area contributed by atoms with Gasteiger partial charge in [-0.05, 0) is 18.6 Å².